The normalized spacial score (nSPS) is 11.9. The summed E-state index contributed by atoms with van der Waals surface area (Å²) in [5.41, 5.74) is 3.69. The molecule has 0 aliphatic heterocycles. The number of nitrogen functional groups attached to an aromatic ring is 1. The molecule has 0 spiro atoms. The molecule has 0 saturated heterocycles. The van der Waals surface area contributed by atoms with E-state index in [0.29, 0.717) is 5.82 Å². The summed E-state index contributed by atoms with van der Waals surface area (Å²) in [7, 11) is 0. The van der Waals surface area contributed by atoms with E-state index in [-0.39, 0.29) is 6.04 Å². The predicted octanol–water partition coefficient (Wildman–Crippen LogP) is 1.94. The van der Waals surface area contributed by atoms with Gasteiger partial charge in [0, 0.05) is 12.1 Å². The van der Waals surface area contributed by atoms with Crippen LogP contribution in [0, 0.1) is 0 Å². The SMILES string of the molecule is CC(Nc1cc(NN)ncn1)c1ccccc1. The van der Waals surface area contributed by atoms with Crippen LogP contribution in [-0.4, -0.2) is 9.97 Å². The molecule has 2 rings (SSSR count). The number of aromatic nitrogens is 2. The Morgan fingerprint density at radius 1 is 1.12 bits per heavy atom. The fourth-order valence-corrected chi connectivity index (χ4v) is 1.56. The molecule has 1 atom stereocenters. The summed E-state index contributed by atoms with van der Waals surface area (Å²) < 4.78 is 0. The minimum Gasteiger partial charge on any atom is -0.363 e. The summed E-state index contributed by atoms with van der Waals surface area (Å²) in [5.74, 6) is 6.62. The summed E-state index contributed by atoms with van der Waals surface area (Å²) in [6.45, 7) is 2.08. The first kappa shape index (κ1) is 11.3. The summed E-state index contributed by atoms with van der Waals surface area (Å²) in [6.07, 6.45) is 1.47. The molecule has 0 amide bonds. The molecule has 0 bridgehead atoms. The van der Waals surface area contributed by atoms with Crippen LogP contribution in [0.5, 0.6) is 0 Å². The van der Waals surface area contributed by atoms with Crippen LogP contribution in [0.15, 0.2) is 42.7 Å². The maximum Gasteiger partial charge on any atom is 0.145 e. The van der Waals surface area contributed by atoms with Crippen LogP contribution < -0.4 is 16.6 Å². The number of nitrogens with zero attached hydrogens (tertiary/aromatic N) is 2. The highest BCUT2D eigenvalue weighted by Crippen LogP contribution is 2.18. The molecule has 2 aromatic rings. The Morgan fingerprint density at radius 2 is 1.82 bits per heavy atom. The van der Waals surface area contributed by atoms with E-state index < -0.39 is 0 Å². The van der Waals surface area contributed by atoms with E-state index in [2.05, 4.69) is 39.8 Å². The predicted molar refractivity (Wildman–Crippen MR) is 68.3 cm³/mol. The minimum absolute atomic E-state index is 0.178. The van der Waals surface area contributed by atoms with Gasteiger partial charge in [-0.25, -0.2) is 15.8 Å². The average molecular weight is 229 g/mol. The second-order valence-electron chi connectivity index (χ2n) is 3.71. The Hall–Kier alpha value is -2.14. The highest BCUT2D eigenvalue weighted by atomic mass is 15.3. The molecule has 0 fully saturated rings. The molecular formula is C12H15N5. The van der Waals surface area contributed by atoms with Gasteiger partial charge in [0.2, 0.25) is 0 Å². The summed E-state index contributed by atoms with van der Waals surface area (Å²) in [4.78, 5) is 8.09. The monoisotopic (exact) mass is 229 g/mol. The number of nitrogens with two attached hydrogens (primary N) is 1. The van der Waals surface area contributed by atoms with E-state index in [9.17, 15) is 0 Å². The summed E-state index contributed by atoms with van der Waals surface area (Å²) in [5, 5.41) is 3.29. The molecule has 0 aliphatic rings. The van der Waals surface area contributed by atoms with Crippen molar-refractivity contribution in [3.05, 3.63) is 48.3 Å². The van der Waals surface area contributed by atoms with Crippen LogP contribution in [0.4, 0.5) is 11.6 Å². The highest BCUT2D eigenvalue weighted by molar-refractivity contribution is 5.46. The molecule has 17 heavy (non-hydrogen) atoms. The van der Waals surface area contributed by atoms with Crippen LogP contribution in [-0.2, 0) is 0 Å². The van der Waals surface area contributed by atoms with E-state index in [1.165, 1.54) is 11.9 Å². The molecule has 0 aliphatic carbocycles. The lowest BCUT2D eigenvalue weighted by Crippen LogP contribution is -2.11. The van der Waals surface area contributed by atoms with E-state index in [1.54, 1.807) is 6.07 Å². The van der Waals surface area contributed by atoms with E-state index in [1.807, 2.05) is 18.2 Å². The van der Waals surface area contributed by atoms with Gasteiger partial charge in [0.05, 0.1) is 0 Å². The number of hydrogen-bond acceptors (Lipinski definition) is 5. The minimum atomic E-state index is 0.178. The fourth-order valence-electron chi connectivity index (χ4n) is 1.56. The van der Waals surface area contributed by atoms with Crippen molar-refractivity contribution in [1.29, 1.82) is 0 Å². The van der Waals surface area contributed by atoms with Gasteiger partial charge in [0.15, 0.2) is 0 Å². The van der Waals surface area contributed by atoms with Crippen molar-refractivity contribution in [3.63, 3.8) is 0 Å². The van der Waals surface area contributed by atoms with Crippen molar-refractivity contribution in [3.8, 4) is 0 Å². The Labute approximate surface area is 100 Å². The lowest BCUT2D eigenvalue weighted by molar-refractivity contribution is 0.872. The lowest BCUT2D eigenvalue weighted by Gasteiger charge is -2.14. The van der Waals surface area contributed by atoms with Crippen molar-refractivity contribution in [1.82, 2.24) is 9.97 Å². The first-order valence-corrected chi connectivity index (χ1v) is 5.40. The maximum absolute atomic E-state index is 5.29. The third kappa shape index (κ3) is 2.92. The van der Waals surface area contributed by atoms with Crippen molar-refractivity contribution in [2.45, 2.75) is 13.0 Å². The Morgan fingerprint density at radius 3 is 2.53 bits per heavy atom. The largest absolute Gasteiger partial charge is 0.363 e. The van der Waals surface area contributed by atoms with E-state index >= 15 is 0 Å². The van der Waals surface area contributed by atoms with Crippen molar-refractivity contribution in [2.24, 2.45) is 5.84 Å². The van der Waals surface area contributed by atoms with Crippen LogP contribution in [0.25, 0.3) is 0 Å². The van der Waals surface area contributed by atoms with Gasteiger partial charge in [-0.3, -0.25) is 0 Å². The number of benzene rings is 1. The molecule has 1 aromatic carbocycles. The third-order valence-corrected chi connectivity index (χ3v) is 2.48. The lowest BCUT2D eigenvalue weighted by atomic mass is 10.1. The quantitative estimate of drug-likeness (QED) is 0.551. The van der Waals surface area contributed by atoms with Crippen molar-refractivity contribution >= 4 is 11.6 Å². The molecule has 1 aromatic heterocycles. The number of hydrogen-bond donors (Lipinski definition) is 3. The van der Waals surface area contributed by atoms with Gasteiger partial charge in [0.25, 0.3) is 0 Å². The standard InChI is InChI=1S/C12H15N5/c1-9(10-5-3-2-4-6-10)16-11-7-12(17-13)15-8-14-11/h2-9H,13H2,1H3,(H2,14,15,16,17). The molecule has 5 heteroatoms. The zero-order chi connectivity index (χ0) is 12.1. The third-order valence-electron chi connectivity index (χ3n) is 2.48. The van der Waals surface area contributed by atoms with Gasteiger partial charge in [-0.15, -0.1) is 0 Å². The second kappa shape index (κ2) is 5.27. The van der Waals surface area contributed by atoms with Crippen LogP contribution >= 0.6 is 0 Å². The number of nitrogens with one attached hydrogen (secondary N) is 2. The number of rotatable bonds is 4. The van der Waals surface area contributed by atoms with Gasteiger partial charge >= 0.3 is 0 Å². The fraction of sp³-hybridized carbons (Fsp3) is 0.167. The summed E-state index contributed by atoms with van der Waals surface area (Å²) >= 11 is 0. The molecule has 1 heterocycles. The zero-order valence-electron chi connectivity index (χ0n) is 9.59. The molecule has 4 N–H and O–H groups in total. The van der Waals surface area contributed by atoms with Crippen LogP contribution in [0.2, 0.25) is 0 Å². The highest BCUT2D eigenvalue weighted by Gasteiger charge is 2.05. The average Bonchev–Trinajstić information content (AvgIpc) is 2.40. The Bertz CT molecular complexity index is 471. The molecule has 88 valence electrons. The molecule has 0 radical (unpaired) electrons. The van der Waals surface area contributed by atoms with E-state index in [4.69, 9.17) is 5.84 Å². The van der Waals surface area contributed by atoms with Crippen LogP contribution in [0.3, 0.4) is 0 Å². The maximum atomic E-state index is 5.29. The number of hydrazine groups is 1. The van der Waals surface area contributed by atoms with Crippen LogP contribution in [0.1, 0.15) is 18.5 Å². The first-order valence-electron chi connectivity index (χ1n) is 5.40. The van der Waals surface area contributed by atoms with Crippen molar-refractivity contribution < 1.29 is 0 Å². The molecule has 5 nitrogen and oxygen atoms in total. The molecule has 1 unspecified atom stereocenters. The van der Waals surface area contributed by atoms with Gasteiger partial charge in [0.1, 0.15) is 18.0 Å². The smallest absolute Gasteiger partial charge is 0.145 e. The zero-order valence-corrected chi connectivity index (χ0v) is 9.59. The number of anilines is 2. The van der Waals surface area contributed by atoms with Gasteiger partial charge < -0.3 is 10.7 Å². The second-order valence-corrected chi connectivity index (χ2v) is 3.71. The van der Waals surface area contributed by atoms with Gasteiger partial charge in [-0.2, -0.15) is 0 Å². The molecular weight excluding hydrogens is 214 g/mol. The molecule has 0 saturated carbocycles. The Kier molecular flexibility index (Phi) is 3.52. The van der Waals surface area contributed by atoms with E-state index in [0.717, 1.165) is 5.82 Å². The van der Waals surface area contributed by atoms with Gasteiger partial charge in [-0.05, 0) is 12.5 Å². The Balaban J connectivity index is 2.10. The topological polar surface area (TPSA) is 75.9 Å². The van der Waals surface area contributed by atoms with Gasteiger partial charge in [-0.1, -0.05) is 30.3 Å². The first-order chi connectivity index (χ1) is 8.29. The van der Waals surface area contributed by atoms with Crippen molar-refractivity contribution in [2.75, 3.05) is 10.7 Å². The summed E-state index contributed by atoms with van der Waals surface area (Å²) in [6, 6.07) is 12.1.